The lowest BCUT2D eigenvalue weighted by molar-refractivity contribution is 0.0347. The lowest BCUT2D eigenvalue weighted by Crippen LogP contribution is -2.24. The normalized spacial score (nSPS) is 15.7. The van der Waals surface area contributed by atoms with Gasteiger partial charge in [0.2, 0.25) is 0 Å². The van der Waals surface area contributed by atoms with Crippen LogP contribution in [0.25, 0.3) is 0 Å². The van der Waals surface area contributed by atoms with Crippen molar-refractivity contribution in [1.82, 2.24) is 15.5 Å². The summed E-state index contributed by atoms with van der Waals surface area (Å²) in [6.07, 6.45) is 6.69. The second-order valence-corrected chi connectivity index (χ2v) is 5.22. The molecule has 21 heavy (non-hydrogen) atoms. The fourth-order valence-corrected chi connectivity index (χ4v) is 2.44. The van der Waals surface area contributed by atoms with Crippen molar-refractivity contribution in [3.63, 3.8) is 0 Å². The van der Waals surface area contributed by atoms with Crippen LogP contribution in [0.15, 0.2) is 12.1 Å². The van der Waals surface area contributed by atoms with Gasteiger partial charge in [-0.25, -0.2) is 0 Å². The molecule has 116 valence electrons. The molecule has 1 saturated carbocycles. The molecule has 1 aromatic rings. The second kappa shape index (κ2) is 8.56. The predicted molar refractivity (Wildman–Crippen MR) is 81.4 cm³/mol. The van der Waals surface area contributed by atoms with E-state index in [1.165, 1.54) is 32.1 Å². The molecule has 0 radical (unpaired) electrons. The summed E-state index contributed by atoms with van der Waals surface area (Å²) in [4.78, 5) is 11.5. The van der Waals surface area contributed by atoms with Crippen molar-refractivity contribution in [3.05, 3.63) is 17.8 Å². The van der Waals surface area contributed by atoms with Crippen molar-refractivity contribution in [3.8, 4) is 0 Å². The van der Waals surface area contributed by atoms with E-state index < -0.39 is 0 Å². The number of carbonyl (C=O) groups is 1. The monoisotopic (exact) mass is 292 g/mol. The Balaban J connectivity index is 1.67. The third-order valence-electron chi connectivity index (χ3n) is 3.55. The first-order valence-electron chi connectivity index (χ1n) is 7.77. The van der Waals surface area contributed by atoms with Crippen LogP contribution in [-0.4, -0.2) is 41.9 Å². The lowest BCUT2D eigenvalue weighted by Gasteiger charge is -2.22. The minimum Gasteiger partial charge on any atom is -0.376 e. The molecule has 0 aromatic carbocycles. The zero-order valence-electron chi connectivity index (χ0n) is 12.6. The molecule has 0 saturated heterocycles. The molecule has 1 heterocycles. The van der Waals surface area contributed by atoms with E-state index in [2.05, 4.69) is 20.8 Å². The van der Waals surface area contributed by atoms with E-state index in [1.54, 1.807) is 12.1 Å². The number of ether oxygens (including phenoxy) is 1. The molecular formula is C15H24N4O2. The molecule has 1 amide bonds. The Kier molecular flexibility index (Phi) is 6.40. The van der Waals surface area contributed by atoms with Gasteiger partial charge in [0.25, 0.3) is 5.91 Å². The molecule has 0 unspecified atom stereocenters. The first-order valence-corrected chi connectivity index (χ1v) is 7.77. The summed E-state index contributed by atoms with van der Waals surface area (Å²) in [6, 6.07) is 3.43. The molecule has 2 N–H and O–H groups in total. The third-order valence-corrected chi connectivity index (χ3v) is 3.55. The summed E-state index contributed by atoms with van der Waals surface area (Å²) >= 11 is 0. The van der Waals surface area contributed by atoms with Gasteiger partial charge in [-0.2, -0.15) is 0 Å². The van der Waals surface area contributed by atoms with Gasteiger partial charge >= 0.3 is 0 Å². The first kappa shape index (κ1) is 15.7. The highest BCUT2D eigenvalue weighted by molar-refractivity contribution is 5.92. The number of aromatic nitrogens is 2. The SMILES string of the molecule is CCNC(=O)c1ccc(NCCOC2CCCCC2)nn1. The number of carbonyl (C=O) groups excluding carboxylic acids is 1. The van der Waals surface area contributed by atoms with Gasteiger partial charge in [0.1, 0.15) is 5.82 Å². The van der Waals surface area contributed by atoms with E-state index in [0.29, 0.717) is 37.3 Å². The van der Waals surface area contributed by atoms with Crippen LogP contribution in [0.4, 0.5) is 5.82 Å². The van der Waals surface area contributed by atoms with Gasteiger partial charge < -0.3 is 15.4 Å². The second-order valence-electron chi connectivity index (χ2n) is 5.22. The fraction of sp³-hybridized carbons (Fsp3) is 0.667. The molecule has 6 nitrogen and oxygen atoms in total. The largest absolute Gasteiger partial charge is 0.376 e. The molecule has 1 aromatic heterocycles. The summed E-state index contributed by atoms with van der Waals surface area (Å²) in [7, 11) is 0. The molecule has 1 aliphatic rings. The number of nitrogens with zero attached hydrogens (tertiary/aromatic N) is 2. The number of nitrogens with one attached hydrogen (secondary N) is 2. The maximum atomic E-state index is 11.5. The Labute approximate surface area is 125 Å². The quantitative estimate of drug-likeness (QED) is 0.752. The zero-order valence-corrected chi connectivity index (χ0v) is 12.6. The highest BCUT2D eigenvalue weighted by atomic mass is 16.5. The number of rotatable bonds is 7. The van der Waals surface area contributed by atoms with Crippen molar-refractivity contribution < 1.29 is 9.53 Å². The summed E-state index contributed by atoms with van der Waals surface area (Å²) in [5.74, 6) is 0.465. The highest BCUT2D eigenvalue weighted by Gasteiger charge is 2.13. The first-order chi connectivity index (χ1) is 10.3. The molecule has 0 bridgehead atoms. The van der Waals surface area contributed by atoms with Crippen LogP contribution in [0.3, 0.4) is 0 Å². The molecule has 2 rings (SSSR count). The van der Waals surface area contributed by atoms with E-state index in [0.717, 1.165) is 0 Å². The molecular weight excluding hydrogens is 268 g/mol. The Morgan fingerprint density at radius 1 is 1.29 bits per heavy atom. The zero-order chi connectivity index (χ0) is 14.9. The highest BCUT2D eigenvalue weighted by Crippen LogP contribution is 2.19. The number of anilines is 1. The van der Waals surface area contributed by atoms with E-state index in [-0.39, 0.29) is 5.91 Å². The number of hydrogen-bond donors (Lipinski definition) is 2. The van der Waals surface area contributed by atoms with E-state index in [4.69, 9.17) is 4.74 Å². The van der Waals surface area contributed by atoms with Crippen LogP contribution in [0.2, 0.25) is 0 Å². The van der Waals surface area contributed by atoms with Crippen LogP contribution >= 0.6 is 0 Å². The molecule has 6 heteroatoms. The topological polar surface area (TPSA) is 76.1 Å². The minimum absolute atomic E-state index is 0.197. The summed E-state index contributed by atoms with van der Waals surface area (Å²) in [5, 5.41) is 13.7. The van der Waals surface area contributed by atoms with Crippen LogP contribution in [0.5, 0.6) is 0 Å². The Morgan fingerprint density at radius 3 is 2.76 bits per heavy atom. The minimum atomic E-state index is -0.197. The van der Waals surface area contributed by atoms with Crippen LogP contribution < -0.4 is 10.6 Å². The van der Waals surface area contributed by atoms with Crippen LogP contribution in [0, 0.1) is 0 Å². The van der Waals surface area contributed by atoms with Gasteiger partial charge in [-0.05, 0) is 31.9 Å². The Bertz CT molecular complexity index is 430. The Hall–Kier alpha value is -1.69. The van der Waals surface area contributed by atoms with Gasteiger partial charge in [-0.3, -0.25) is 4.79 Å². The maximum Gasteiger partial charge on any atom is 0.271 e. The van der Waals surface area contributed by atoms with Gasteiger partial charge in [0, 0.05) is 13.1 Å². The van der Waals surface area contributed by atoms with E-state index in [9.17, 15) is 4.79 Å². The smallest absolute Gasteiger partial charge is 0.271 e. The lowest BCUT2D eigenvalue weighted by atomic mass is 9.98. The van der Waals surface area contributed by atoms with E-state index in [1.807, 2.05) is 6.92 Å². The molecule has 1 aliphatic carbocycles. The van der Waals surface area contributed by atoms with Crippen LogP contribution in [0.1, 0.15) is 49.5 Å². The number of amides is 1. The Morgan fingerprint density at radius 2 is 2.10 bits per heavy atom. The van der Waals surface area contributed by atoms with Gasteiger partial charge in [-0.15, -0.1) is 10.2 Å². The van der Waals surface area contributed by atoms with Gasteiger partial charge in [0.05, 0.1) is 12.7 Å². The molecule has 0 aliphatic heterocycles. The maximum absolute atomic E-state index is 11.5. The average molecular weight is 292 g/mol. The van der Waals surface area contributed by atoms with E-state index >= 15 is 0 Å². The fourth-order valence-electron chi connectivity index (χ4n) is 2.44. The molecule has 0 atom stereocenters. The standard InChI is InChI=1S/C15H24N4O2/c1-2-16-15(20)13-8-9-14(19-18-13)17-10-11-21-12-6-4-3-5-7-12/h8-9,12H,2-7,10-11H2,1H3,(H,16,20)(H,17,19). The van der Waals surface area contributed by atoms with Crippen molar-refractivity contribution in [2.24, 2.45) is 0 Å². The molecule has 1 fully saturated rings. The molecule has 0 spiro atoms. The number of hydrogen-bond acceptors (Lipinski definition) is 5. The van der Waals surface area contributed by atoms with Crippen LogP contribution in [-0.2, 0) is 4.74 Å². The van der Waals surface area contributed by atoms with Crippen molar-refractivity contribution in [1.29, 1.82) is 0 Å². The summed E-state index contributed by atoms with van der Waals surface area (Å²) < 4.78 is 5.82. The average Bonchev–Trinajstić information content (AvgIpc) is 2.53. The van der Waals surface area contributed by atoms with Gasteiger partial charge in [0.15, 0.2) is 5.69 Å². The summed E-state index contributed by atoms with van der Waals surface area (Å²) in [6.45, 7) is 3.82. The van der Waals surface area contributed by atoms with Crippen molar-refractivity contribution >= 4 is 11.7 Å². The predicted octanol–water partition coefficient (Wildman–Crippen LogP) is 1.99. The third kappa shape index (κ3) is 5.30. The summed E-state index contributed by atoms with van der Waals surface area (Å²) in [5.41, 5.74) is 0.334. The van der Waals surface area contributed by atoms with Gasteiger partial charge in [-0.1, -0.05) is 19.3 Å². The van der Waals surface area contributed by atoms with Crippen molar-refractivity contribution in [2.75, 3.05) is 25.0 Å². The van der Waals surface area contributed by atoms with Crippen molar-refractivity contribution in [2.45, 2.75) is 45.1 Å².